The van der Waals surface area contributed by atoms with Crippen LogP contribution in [0.4, 0.5) is 11.4 Å². The number of hydrogen-bond donors (Lipinski definition) is 2. The number of nitrogen functional groups attached to an aromatic ring is 1. The summed E-state index contributed by atoms with van der Waals surface area (Å²) in [7, 11) is 1.58. The fourth-order valence-electron chi connectivity index (χ4n) is 1.83. The molecule has 1 saturated heterocycles. The van der Waals surface area contributed by atoms with Gasteiger partial charge in [-0.3, -0.25) is 4.79 Å². The van der Waals surface area contributed by atoms with E-state index in [1.54, 1.807) is 7.11 Å². The molecular weight excluding hydrogens is 206 g/mol. The Labute approximate surface area is 94.2 Å². The van der Waals surface area contributed by atoms with Crippen molar-refractivity contribution in [2.24, 2.45) is 0 Å². The third-order valence-electron chi connectivity index (χ3n) is 2.64. The maximum atomic E-state index is 11.3. The molecule has 2 rings (SSSR count). The van der Waals surface area contributed by atoms with Gasteiger partial charge in [-0.25, -0.2) is 0 Å². The molecule has 1 aliphatic heterocycles. The van der Waals surface area contributed by atoms with Crippen molar-refractivity contribution in [2.45, 2.75) is 0 Å². The highest BCUT2D eigenvalue weighted by atomic mass is 16.5. The van der Waals surface area contributed by atoms with Crippen molar-refractivity contribution in [1.29, 1.82) is 0 Å². The Balaban J connectivity index is 2.29. The number of carbonyl (C=O) groups excluding carboxylic acids is 1. The second-order valence-electron chi connectivity index (χ2n) is 3.66. The molecule has 0 unspecified atom stereocenters. The Morgan fingerprint density at radius 2 is 2.31 bits per heavy atom. The zero-order valence-electron chi connectivity index (χ0n) is 9.19. The molecule has 16 heavy (non-hydrogen) atoms. The van der Waals surface area contributed by atoms with Crippen molar-refractivity contribution in [3.8, 4) is 5.75 Å². The monoisotopic (exact) mass is 221 g/mol. The Bertz CT molecular complexity index is 406. The molecule has 0 saturated carbocycles. The number of nitrogens with one attached hydrogen (secondary N) is 1. The molecule has 1 aliphatic rings. The van der Waals surface area contributed by atoms with Crippen molar-refractivity contribution in [2.75, 3.05) is 37.4 Å². The quantitative estimate of drug-likeness (QED) is 0.701. The highest BCUT2D eigenvalue weighted by Gasteiger charge is 2.19. The smallest absolute Gasteiger partial charge is 0.239 e. The lowest BCUT2D eigenvalue weighted by Gasteiger charge is -2.29. The summed E-state index contributed by atoms with van der Waals surface area (Å²) in [5, 5.41) is 2.78. The SMILES string of the molecule is COc1cccc(N2CCNC(=O)C2)c1N. The number of amides is 1. The number of anilines is 2. The number of rotatable bonds is 2. The van der Waals surface area contributed by atoms with E-state index in [-0.39, 0.29) is 5.91 Å². The Morgan fingerprint density at radius 3 is 3.00 bits per heavy atom. The van der Waals surface area contributed by atoms with Crippen molar-refractivity contribution in [3.05, 3.63) is 18.2 Å². The summed E-state index contributed by atoms with van der Waals surface area (Å²) in [4.78, 5) is 13.2. The van der Waals surface area contributed by atoms with Gasteiger partial charge in [0.1, 0.15) is 5.75 Å². The highest BCUT2D eigenvalue weighted by molar-refractivity contribution is 5.85. The average molecular weight is 221 g/mol. The first-order chi connectivity index (χ1) is 7.72. The van der Waals surface area contributed by atoms with E-state index in [0.29, 0.717) is 24.5 Å². The first-order valence-electron chi connectivity index (χ1n) is 5.16. The lowest BCUT2D eigenvalue weighted by Crippen LogP contribution is -2.47. The van der Waals surface area contributed by atoms with E-state index in [4.69, 9.17) is 10.5 Å². The van der Waals surface area contributed by atoms with Gasteiger partial charge in [-0.15, -0.1) is 0 Å². The topological polar surface area (TPSA) is 67.6 Å². The van der Waals surface area contributed by atoms with Crippen LogP contribution < -0.4 is 20.7 Å². The van der Waals surface area contributed by atoms with Crippen molar-refractivity contribution < 1.29 is 9.53 Å². The van der Waals surface area contributed by atoms with E-state index in [9.17, 15) is 4.79 Å². The molecule has 0 aliphatic carbocycles. The predicted molar refractivity (Wildman–Crippen MR) is 62.6 cm³/mol. The summed E-state index contributed by atoms with van der Waals surface area (Å²) in [6.45, 7) is 1.76. The number of carbonyl (C=O) groups is 1. The first kappa shape index (κ1) is 10.6. The van der Waals surface area contributed by atoms with E-state index in [0.717, 1.165) is 12.2 Å². The number of ether oxygens (including phenoxy) is 1. The normalized spacial score (nSPS) is 15.8. The van der Waals surface area contributed by atoms with Gasteiger partial charge in [-0.05, 0) is 12.1 Å². The molecule has 3 N–H and O–H groups in total. The van der Waals surface area contributed by atoms with Crippen LogP contribution in [-0.2, 0) is 4.79 Å². The second kappa shape index (κ2) is 4.30. The number of hydrogen-bond acceptors (Lipinski definition) is 4. The van der Waals surface area contributed by atoms with Gasteiger partial charge in [0.25, 0.3) is 0 Å². The van der Waals surface area contributed by atoms with Crippen molar-refractivity contribution in [1.82, 2.24) is 5.32 Å². The molecule has 0 atom stereocenters. The Hall–Kier alpha value is -1.91. The molecule has 1 aromatic carbocycles. The molecule has 5 heteroatoms. The van der Waals surface area contributed by atoms with Gasteiger partial charge in [0.05, 0.1) is 25.0 Å². The summed E-state index contributed by atoms with van der Waals surface area (Å²) in [6.07, 6.45) is 0. The Morgan fingerprint density at radius 1 is 1.50 bits per heavy atom. The third-order valence-corrected chi connectivity index (χ3v) is 2.64. The summed E-state index contributed by atoms with van der Waals surface area (Å²) in [6, 6.07) is 5.58. The minimum Gasteiger partial charge on any atom is -0.495 e. The third kappa shape index (κ3) is 1.88. The van der Waals surface area contributed by atoms with E-state index in [1.165, 1.54) is 0 Å². The van der Waals surface area contributed by atoms with Gasteiger partial charge >= 0.3 is 0 Å². The lowest BCUT2D eigenvalue weighted by atomic mass is 10.2. The molecule has 0 aromatic heterocycles. The van der Waals surface area contributed by atoms with Gasteiger partial charge in [-0.1, -0.05) is 6.07 Å². The number of nitrogens with zero attached hydrogens (tertiary/aromatic N) is 1. The van der Waals surface area contributed by atoms with Crippen molar-refractivity contribution in [3.63, 3.8) is 0 Å². The fourth-order valence-corrected chi connectivity index (χ4v) is 1.83. The second-order valence-corrected chi connectivity index (χ2v) is 3.66. The van der Waals surface area contributed by atoms with Gasteiger partial charge < -0.3 is 20.7 Å². The van der Waals surface area contributed by atoms with Gasteiger partial charge in [0, 0.05) is 13.1 Å². The Kier molecular flexibility index (Phi) is 2.85. The molecule has 0 bridgehead atoms. The van der Waals surface area contributed by atoms with Crippen LogP contribution in [0.15, 0.2) is 18.2 Å². The molecule has 0 spiro atoms. The largest absolute Gasteiger partial charge is 0.495 e. The zero-order chi connectivity index (χ0) is 11.5. The van der Waals surface area contributed by atoms with Gasteiger partial charge in [0.2, 0.25) is 5.91 Å². The molecule has 86 valence electrons. The molecule has 0 radical (unpaired) electrons. The van der Waals surface area contributed by atoms with E-state index in [1.807, 2.05) is 23.1 Å². The maximum Gasteiger partial charge on any atom is 0.239 e. The van der Waals surface area contributed by atoms with E-state index in [2.05, 4.69) is 5.32 Å². The van der Waals surface area contributed by atoms with Crippen LogP contribution in [0.5, 0.6) is 5.75 Å². The standard InChI is InChI=1S/C11H15N3O2/c1-16-9-4-2-3-8(11(9)12)14-6-5-13-10(15)7-14/h2-4H,5-7,12H2,1H3,(H,13,15). The van der Waals surface area contributed by atoms with Crippen LogP contribution in [0.1, 0.15) is 0 Å². The summed E-state index contributed by atoms with van der Waals surface area (Å²) in [5.74, 6) is 0.664. The van der Waals surface area contributed by atoms with Crippen LogP contribution in [0.2, 0.25) is 0 Å². The molecule has 1 fully saturated rings. The van der Waals surface area contributed by atoms with Crippen LogP contribution in [-0.4, -0.2) is 32.7 Å². The van der Waals surface area contributed by atoms with Crippen LogP contribution >= 0.6 is 0 Å². The zero-order valence-corrected chi connectivity index (χ0v) is 9.19. The highest BCUT2D eigenvalue weighted by Crippen LogP contribution is 2.31. The number of para-hydroxylation sites is 1. The number of benzene rings is 1. The number of piperazine rings is 1. The fraction of sp³-hybridized carbons (Fsp3) is 0.364. The van der Waals surface area contributed by atoms with Crippen LogP contribution in [0.3, 0.4) is 0 Å². The number of nitrogens with two attached hydrogens (primary N) is 1. The molecule has 1 aromatic rings. The summed E-state index contributed by atoms with van der Waals surface area (Å²) < 4.78 is 5.15. The molecule has 5 nitrogen and oxygen atoms in total. The lowest BCUT2D eigenvalue weighted by molar-refractivity contribution is -0.120. The molecular formula is C11H15N3O2. The minimum atomic E-state index is 0.0217. The van der Waals surface area contributed by atoms with Crippen LogP contribution in [0.25, 0.3) is 0 Å². The van der Waals surface area contributed by atoms with Crippen LogP contribution in [0, 0.1) is 0 Å². The maximum absolute atomic E-state index is 11.3. The molecule has 1 amide bonds. The summed E-state index contributed by atoms with van der Waals surface area (Å²) >= 11 is 0. The van der Waals surface area contributed by atoms with E-state index < -0.39 is 0 Å². The average Bonchev–Trinajstić information content (AvgIpc) is 2.29. The minimum absolute atomic E-state index is 0.0217. The predicted octanol–water partition coefficient (Wildman–Crippen LogP) is 0.214. The number of methoxy groups -OCH3 is 1. The summed E-state index contributed by atoms with van der Waals surface area (Å²) in [5.41, 5.74) is 7.41. The molecule has 1 heterocycles. The van der Waals surface area contributed by atoms with Gasteiger partial charge in [0.15, 0.2) is 0 Å². The van der Waals surface area contributed by atoms with Crippen molar-refractivity contribution >= 4 is 17.3 Å². The first-order valence-corrected chi connectivity index (χ1v) is 5.16. The van der Waals surface area contributed by atoms with E-state index >= 15 is 0 Å². The van der Waals surface area contributed by atoms with Gasteiger partial charge in [-0.2, -0.15) is 0 Å².